The van der Waals surface area contributed by atoms with Gasteiger partial charge in [0.25, 0.3) is 0 Å². The van der Waals surface area contributed by atoms with Gasteiger partial charge in [-0.2, -0.15) is 0 Å². The minimum absolute atomic E-state index is 0.204. The molecular formula is C12H7Cl3N2O. The molecule has 1 heterocycles. The fraction of sp³-hybridized carbons (Fsp3) is 0. The first-order valence-electron chi connectivity index (χ1n) is 4.90. The zero-order valence-electron chi connectivity index (χ0n) is 8.95. The van der Waals surface area contributed by atoms with Crippen LogP contribution in [-0.4, -0.2) is 11.3 Å². The fourth-order valence-electron chi connectivity index (χ4n) is 1.54. The third kappa shape index (κ3) is 2.29. The van der Waals surface area contributed by atoms with E-state index in [0.29, 0.717) is 22.4 Å². The molecule has 0 aliphatic heterocycles. The number of hydrogen-bond acceptors (Lipinski definition) is 3. The zero-order chi connectivity index (χ0) is 13.3. The highest BCUT2D eigenvalue weighted by atomic mass is 35.5. The number of nitrogens with two attached hydrogens (primary N) is 1. The van der Waals surface area contributed by atoms with E-state index in [1.54, 1.807) is 24.3 Å². The van der Waals surface area contributed by atoms with Crippen LogP contribution in [0.3, 0.4) is 0 Å². The lowest BCUT2D eigenvalue weighted by Crippen LogP contribution is -1.97. The monoisotopic (exact) mass is 300 g/mol. The van der Waals surface area contributed by atoms with Gasteiger partial charge in [-0.05, 0) is 18.2 Å². The Bertz CT molecular complexity index is 629. The van der Waals surface area contributed by atoms with E-state index < -0.39 is 0 Å². The van der Waals surface area contributed by atoms with Gasteiger partial charge in [0.2, 0.25) is 0 Å². The number of aromatic nitrogens is 1. The van der Waals surface area contributed by atoms with E-state index in [-0.39, 0.29) is 21.6 Å². The number of halogens is 3. The summed E-state index contributed by atoms with van der Waals surface area (Å²) < 4.78 is 0. The lowest BCUT2D eigenvalue weighted by atomic mass is 10.0. The Balaban J connectivity index is 2.69. The second-order valence-corrected chi connectivity index (χ2v) is 4.67. The van der Waals surface area contributed by atoms with Crippen LogP contribution in [0.5, 0.6) is 0 Å². The molecule has 2 rings (SSSR count). The van der Waals surface area contributed by atoms with Crippen LogP contribution in [0.2, 0.25) is 15.1 Å². The molecule has 0 saturated heterocycles. The van der Waals surface area contributed by atoms with E-state index in [4.69, 9.17) is 40.5 Å². The number of nitrogens with zero attached hydrogens (tertiary/aromatic N) is 1. The third-order valence-corrected chi connectivity index (χ3v) is 3.68. The summed E-state index contributed by atoms with van der Waals surface area (Å²) in [5.74, 6) is 0.261. The highest BCUT2D eigenvalue weighted by Gasteiger charge is 2.14. The third-order valence-electron chi connectivity index (χ3n) is 2.38. The smallest absolute Gasteiger partial charge is 0.169 e. The molecule has 6 heteroatoms. The van der Waals surface area contributed by atoms with E-state index in [2.05, 4.69) is 4.98 Å². The molecule has 0 saturated carbocycles. The van der Waals surface area contributed by atoms with Gasteiger partial charge in [-0.3, -0.25) is 4.79 Å². The highest BCUT2D eigenvalue weighted by Crippen LogP contribution is 2.38. The number of anilines is 1. The first-order chi connectivity index (χ1) is 8.54. The summed E-state index contributed by atoms with van der Waals surface area (Å²) in [5.41, 5.74) is 6.87. The topological polar surface area (TPSA) is 56.0 Å². The standard InChI is InChI=1S/C12H7Cl3N2O/c13-8-3-1-7(11(14)12(8)15)6-2-4-10(16)17-9(6)5-18/h1-5H,(H2,16,17). The molecule has 1 aromatic heterocycles. The minimum atomic E-state index is 0.204. The Morgan fingerprint density at radius 2 is 1.67 bits per heavy atom. The van der Waals surface area contributed by atoms with E-state index >= 15 is 0 Å². The quantitative estimate of drug-likeness (QED) is 0.671. The van der Waals surface area contributed by atoms with Crippen molar-refractivity contribution in [3.63, 3.8) is 0 Å². The fourth-order valence-corrected chi connectivity index (χ4v) is 2.18. The maximum atomic E-state index is 11.0. The van der Waals surface area contributed by atoms with Gasteiger partial charge in [-0.15, -0.1) is 0 Å². The van der Waals surface area contributed by atoms with E-state index in [1.807, 2.05) is 0 Å². The number of carbonyl (C=O) groups is 1. The van der Waals surface area contributed by atoms with Gasteiger partial charge in [-0.1, -0.05) is 40.9 Å². The number of rotatable bonds is 2. The molecule has 0 unspecified atom stereocenters. The summed E-state index contributed by atoms with van der Waals surface area (Å²) in [4.78, 5) is 14.9. The average molecular weight is 302 g/mol. The normalized spacial score (nSPS) is 10.4. The lowest BCUT2D eigenvalue weighted by Gasteiger charge is -2.09. The van der Waals surface area contributed by atoms with Crippen molar-refractivity contribution < 1.29 is 4.79 Å². The lowest BCUT2D eigenvalue weighted by molar-refractivity contribution is 0.112. The molecule has 3 nitrogen and oxygen atoms in total. The van der Waals surface area contributed by atoms with Crippen LogP contribution < -0.4 is 5.73 Å². The molecule has 2 aromatic rings. The largest absolute Gasteiger partial charge is 0.384 e. The molecule has 0 atom stereocenters. The second kappa shape index (κ2) is 5.14. The van der Waals surface area contributed by atoms with Crippen molar-refractivity contribution in [2.45, 2.75) is 0 Å². The Morgan fingerprint density at radius 3 is 2.33 bits per heavy atom. The van der Waals surface area contributed by atoms with Gasteiger partial charge in [-0.25, -0.2) is 4.98 Å². The number of benzene rings is 1. The Morgan fingerprint density at radius 1 is 1.00 bits per heavy atom. The van der Waals surface area contributed by atoms with Gasteiger partial charge in [0.15, 0.2) is 6.29 Å². The predicted molar refractivity (Wildman–Crippen MR) is 74.5 cm³/mol. The van der Waals surface area contributed by atoms with Crippen molar-refractivity contribution in [3.8, 4) is 11.1 Å². The Labute approximate surface area is 118 Å². The molecule has 0 aliphatic rings. The molecule has 0 radical (unpaired) electrons. The van der Waals surface area contributed by atoms with E-state index in [0.717, 1.165) is 0 Å². The maximum absolute atomic E-state index is 11.0. The van der Waals surface area contributed by atoms with Gasteiger partial charge < -0.3 is 5.73 Å². The number of hydrogen-bond donors (Lipinski definition) is 1. The molecule has 1 aromatic carbocycles. The van der Waals surface area contributed by atoms with E-state index in [9.17, 15) is 4.79 Å². The molecule has 92 valence electrons. The number of pyridine rings is 1. The Kier molecular flexibility index (Phi) is 3.76. The number of aldehydes is 1. The summed E-state index contributed by atoms with van der Waals surface area (Å²) >= 11 is 17.9. The summed E-state index contributed by atoms with van der Waals surface area (Å²) in [6.07, 6.45) is 0.616. The summed E-state index contributed by atoms with van der Waals surface area (Å²) in [7, 11) is 0. The van der Waals surface area contributed by atoms with Crippen LogP contribution in [0, 0.1) is 0 Å². The van der Waals surface area contributed by atoms with Gasteiger partial charge >= 0.3 is 0 Å². The molecular weight excluding hydrogens is 295 g/mol. The van der Waals surface area contributed by atoms with Gasteiger partial charge in [0.05, 0.1) is 15.1 Å². The number of nitrogen functional groups attached to an aromatic ring is 1. The van der Waals surface area contributed by atoms with Crippen molar-refractivity contribution in [3.05, 3.63) is 45.0 Å². The van der Waals surface area contributed by atoms with Crippen LogP contribution in [0.25, 0.3) is 11.1 Å². The molecule has 0 aliphatic carbocycles. The van der Waals surface area contributed by atoms with Crippen LogP contribution in [0.15, 0.2) is 24.3 Å². The minimum Gasteiger partial charge on any atom is -0.384 e. The molecule has 0 bridgehead atoms. The van der Waals surface area contributed by atoms with Gasteiger partial charge in [0.1, 0.15) is 11.5 Å². The van der Waals surface area contributed by atoms with Crippen molar-refractivity contribution in [2.75, 3.05) is 5.73 Å². The number of carbonyl (C=O) groups excluding carboxylic acids is 1. The van der Waals surface area contributed by atoms with Crippen LogP contribution in [-0.2, 0) is 0 Å². The summed E-state index contributed by atoms with van der Waals surface area (Å²) in [6.45, 7) is 0. The first kappa shape index (κ1) is 13.1. The Hall–Kier alpha value is -1.29. The average Bonchev–Trinajstić information content (AvgIpc) is 2.37. The van der Waals surface area contributed by atoms with Crippen molar-refractivity contribution in [1.29, 1.82) is 0 Å². The summed E-state index contributed by atoms with van der Waals surface area (Å²) in [5, 5.41) is 0.866. The van der Waals surface area contributed by atoms with Crippen LogP contribution in [0.4, 0.5) is 5.82 Å². The maximum Gasteiger partial charge on any atom is 0.169 e. The van der Waals surface area contributed by atoms with Crippen molar-refractivity contribution in [2.24, 2.45) is 0 Å². The second-order valence-electron chi connectivity index (χ2n) is 3.51. The zero-order valence-corrected chi connectivity index (χ0v) is 11.2. The molecule has 18 heavy (non-hydrogen) atoms. The van der Waals surface area contributed by atoms with Crippen LogP contribution in [0.1, 0.15) is 10.5 Å². The molecule has 2 N–H and O–H groups in total. The van der Waals surface area contributed by atoms with Crippen molar-refractivity contribution in [1.82, 2.24) is 4.98 Å². The predicted octanol–water partition coefficient (Wildman–Crippen LogP) is 4.10. The van der Waals surface area contributed by atoms with Crippen LogP contribution >= 0.6 is 34.8 Å². The molecule has 0 amide bonds. The summed E-state index contributed by atoms with van der Waals surface area (Å²) in [6, 6.07) is 6.53. The molecule has 0 spiro atoms. The van der Waals surface area contributed by atoms with Crippen molar-refractivity contribution >= 4 is 46.9 Å². The SMILES string of the molecule is Nc1ccc(-c2ccc(Cl)c(Cl)c2Cl)c(C=O)n1. The molecule has 0 fully saturated rings. The first-order valence-corrected chi connectivity index (χ1v) is 6.03. The highest BCUT2D eigenvalue weighted by molar-refractivity contribution is 6.49. The van der Waals surface area contributed by atoms with Gasteiger partial charge in [0, 0.05) is 11.1 Å². The van der Waals surface area contributed by atoms with E-state index in [1.165, 1.54) is 0 Å².